The molecule has 0 bridgehead atoms. The fourth-order valence-corrected chi connectivity index (χ4v) is 3.60. The Labute approximate surface area is 143 Å². The van der Waals surface area contributed by atoms with Gasteiger partial charge in [0.05, 0.1) is 19.1 Å². The number of esters is 1. The summed E-state index contributed by atoms with van der Waals surface area (Å²) < 4.78 is 5.09. The van der Waals surface area contributed by atoms with Crippen LogP contribution < -0.4 is 5.32 Å². The maximum atomic E-state index is 12.6. The molecule has 1 unspecified atom stereocenters. The van der Waals surface area contributed by atoms with Crippen molar-refractivity contribution in [3.63, 3.8) is 0 Å². The molecule has 2 aliphatic rings. The lowest BCUT2D eigenvalue weighted by molar-refractivity contribution is -0.149. The molecule has 5 heteroatoms. The smallest absolute Gasteiger partial charge is 0.309 e. The average Bonchev–Trinajstić information content (AvgIpc) is 2.94. The van der Waals surface area contributed by atoms with Crippen molar-refractivity contribution in [3.05, 3.63) is 29.3 Å². The Kier molecular flexibility index (Phi) is 5.19. The molecule has 1 N–H and O–H groups in total. The normalized spacial score (nSPS) is 21.2. The van der Waals surface area contributed by atoms with Crippen LogP contribution in [-0.4, -0.2) is 48.9 Å². The molecule has 0 radical (unpaired) electrons. The van der Waals surface area contributed by atoms with Gasteiger partial charge >= 0.3 is 5.97 Å². The van der Waals surface area contributed by atoms with Crippen molar-refractivity contribution < 1.29 is 14.3 Å². The molecule has 1 saturated heterocycles. The zero-order chi connectivity index (χ0) is 17.1. The Bertz CT molecular complexity index is 621. The first kappa shape index (κ1) is 17.0. The van der Waals surface area contributed by atoms with Crippen LogP contribution in [0.5, 0.6) is 0 Å². The van der Waals surface area contributed by atoms with Crippen LogP contribution in [0.25, 0.3) is 0 Å². The monoisotopic (exact) mass is 330 g/mol. The lowest BCUT2D eigenvalue weighted by atomic mass is 9.96. The van der Waals surface area contributed by atoms with Gasteiger partial charge in [0.1, 0.15) is 0 Å². The van der Waals surface area contributed by atoms with Crippen molar-refractivity contribution in [1.29, 1.82) is 0 Å². The maximum Gasteiger partial charge on any atom is 0.309 e. The molecule has 2 aliphatic heterocycles. The summed E-state index contributed by atoms with van der Waals surface area (Å²) in [5.41, 5.74) is 3.17. The maximum absolute atomic E-state index is 12.6. The van der Waals surface area contributed by atoms with Gasteiger partial charge in [-0.2, -0.15) is 0 Å². The number of hydrogen-bond donors (Lipinski definition) is 1. The second kappa shape index (κ2) is 7.34. The van der Waals surface area contributed by atoms with Gasteiger partial charge in [-0.3, -0.25) is 14.5 Å². The molecule has 5 nitrogen and oxygen atoms in total. The van der Waals surface area contributed by atoms with Crippen LogP contribution in [0.2, 0.25) is 0 Å². The molecular weight excluding hydrogens is 304 g/mol. The molecule has 1 aromatic rings. The fourth-order valence-electron chi connectivity index (χ4n) is 3.60. The van der Waals surface area contributed by atoms with Crippen LogP contribution in [0.3, 0.4) is 0 Å². The number of hydrogen-bond acceptors (Lipinski definition) is 5. The molecule has 130 valence electrons. The lowest BCUT2D eigenvalue weighted by Crippen LogP contribution is -2.39. The number of rotatable bonds is 5. The Morgan fingerprint density at radius 2 is 2.04 bits per heavy atom. The number of benzene rings is 1. The number of fused-ring (bicyclic) bond motifs is 1. The predicted molar refractivity (Wildman–Crippen MR) is 93.4 cm³/mol. The van der Waals surface area contributed by atoms with Gasteiger partial charge in [-0.15, -0.1) is 0 Å². The zero-order valence-electron chi connectivity index (χ0n) is 14.5. The summed E-state index contributed by atoms with van der Waals surface area (Å²) in [6.45, 7) is 6.39. The second-order valence-electron chi connectivity index (χ2n) is 6.85. The Balaban J connectivity index is 1.53. The highest BCUT2D eigenvalue weighted by atomic mass is 16.5. The Morgan fingerprint density at radius 1 is 1.29 bits per heavy atom. The minimum Gasteiger partial charge on any atom is -0.466 e. The highest BCUT2D eigenvalue weighted by molar-refractivity contribution is 5.98. The first-order valence-electron chi connectivity index (χ1n) is 8.88. The minimum absolute atomic E-state index is 0.0103. The van der Waals surface area contributed by atoms with E-state index in [0.29, 0.717) is 19.2 Å². The van der Waals surface area contributed by atoms with Gasteiger partial charge in [0.25, 0.3) is 0 Å². The van der Waals surface area contributed by atoms with Crippen molar-refractivity contribution >= 4 is 17.4 Å². The second-order valence-corrected chi connectivity index (χ2v) is 6.85. The Hall–Kier alpha value is -1.88. The summed E-state index contributed by atoms with van der Waals surface area (Å²) in [5, 5.41) is 3.41. The van der Waals surface area contributed by atoms with E-state index in [1.165, 1.54) is 5.56 Å². The molecule has 1 aromatic carbocycles. The number of Topliss-reactive ketones (excluding diaryl/α,β-unsaturated/α-hetero) is 1. The number of piperidine rings is 1. The van der Waals surface area contributed by atoms with E-state index in [2.05, 4.69) is 17.1 Å². The van der Waals surface area contributed by atoms with Crippen LogP contribution in [0.4, 0.5) is 5.69 Å². The van der Waals surface area contributed by atoms with Crippen molar-refractivity contribution in [1.82, 2.24) is 4.90 Å². The van der Waals surface area contributed by atoms with E-state index in [1.807, 2.05) is 25.1 Å². The third-order valence-electron chi connectivity index (χ3n) is 4.93. The molecular formula is C19H26N2O3. The largest absolute Gasteiger partial charge is 0.466 e. The number of nitrogens with zero attached hydrogens (tertiary/aromatic N) is 1. The SMILES string of the molecule is CCOC(=O)C1CCN(CC(=O)c2ccc3c(c2)CC(C)N3)CC1. The van der Waals surface area contributed by atoms with Gasteiger partial charge < -0.3 is 10.1 Å². The molecule has 24 heavy (non-hydrogen) atoms. The van der Waals surface area contributed by atoms with Crippen molar-refractivity contribution in [2.45, 2.75) is 39.2 Å². The average molecular weight is 330 g/mol. The van der Waals surface area contributed by atoms with Gasteiger partial charge in [0.2, 0.25) is 0 Å². The van der Waals surface area contributed by atoms with E-state index in [9.17, 15) is 9.59 Å². The fraction of sp³-hybridized carbons (Fsp3) is 0.579. The van der Waals surface area contributed by atoms with E-state index in [-0.39, 0.29) is 17.7 Å². The number of carbonyl (C=O) groups is 2. The van der Waals surface area contributed by atoms with Crippen LogP contribution in [0.15, 0.2) is 18.2 Å². The van der Waals surface area contributed by atoms with Crippen molar-refractivity contribution in [2.75, 3.05) is 31.6 Å². The Morgan fingerprint density at radius 3 is 2.75 bits per heavy atom. The van der Waals surface area contributed by atoms with E-state index in [4.69, 9.17) is 4.74 Å². The van der Waals surface area contributed by atoms with E-state index in [1.54, 1.807) is 0 Å². The van der Waals surface area contributed by atoms with Gasteiger partial charge in [-0.05, 0) is 70.0 Å². The third kappa shape index (κ3) is 3.78. The van der Waals surface area contributed by atoms with Gasteiger partial charge in [-0.1, -0.05) is 0 Å². The summed E-state index contributed by atoms with van der Waals surface area (Å²) in [6, 6.07) is 6.39. The summed E-state index contributed by atoms with van der Waals surface area (Å²) in [6.07, 6.45) is 2.52. The summed E-state index contributed by atoms with van der Waals surface area (Å²) in [5.74, 6) is 0.0551. The first-order valence-corrected chi connectivity index (χ1v) is 8.88. The van der Waals surface area contributed by atoms with E-state index >= 15 is 0 Å². The zero-order valence-corrected chi connectivity index (χ0v) is 14.5. The number of likely N-dealkylation sites (tertiary alicyclic amines) is 1. The summed E-state index contributed by atoms with van der Waals surface area (Å²) in [7, 11) is 0. The van der Waals surface area contributed by atoms with Gasteiger partial charge in [0.15, 0.2) is 5.78 Å². The van der Waals surface area contributed by atoms with Crippen molar-refractivity contribution in [2.24, 2.45) is 5.92 Å². The molecule has 0 aliphatic carbocycles. The molecule has 2 heterocycles. The highest BCUT2D eigenvalue weighted by Gasteiger charge is 2.27. The van der Waals surface area contributed by atoms with Crippen LogP contribution in [0.1, 0.15) is 42.6 Å². The molecule has 0 saturated carbocycles. The highest BCUT2D eigenvalue weighted by Crippen LogP contribution is 2.27. The van der Waals surface area contributed by atoms with E-state index in [0.717, 1.165) is 43.6 Å². The minimum atomic E-state index is -0.0938. The van der Waals surface area contributed by atoms with Crippen LogP contribution >= 0.6 is 0 Å². The van der Waals surface area contributed by atoms with E-state index < -0.39 is 0 Å². The van der Waals surface area contributed by atoms with Crippen LogP contribution in [-0.2, 0) is 16.0 Å². The standard InChI is InChI=1S/C19H26N2O3/c1-3-24-19(23)14-6-8-21(9-7-14)12-18(22)15-4-5-17-16(11-15)10-13(2)20-17/h4-5,11,13-14,20H,3,6-10,12H2,1-2H3. The lowest BCUT2D eigenvalue weighted by Gasteiger charge is -2.30. The number of anilines is 1. The molecule has 0 amide bonds. The summed E-state index contributed by atoms with van der Waals surface area (Å²) >= 11 is 0. The topological polar surface area (TPSA) is 58.6 Å². The number of ketones is 1. The van der Waals surface area contributed by atoms with Gasteiger partial charge in [0, 0.05) is 17.3 Å². The van der Waals surface area contributed by atoms with Gasteiger partial charge in [-0.25, -0.2) is 0 Å². The molecule has 1 atom stereocenters. The number of nitrogens with one attached hydrogen (secondary N) is 1. The summed E-state index contributed by atoms with van der Waals surface area (Å²) in [4.78, 5) is 26.5. The molecule has 0 spiro atoms. The molecule has 0 aromatic heterocycles. The quantitative estimate of drug-likeness (QED) is 0.664. The third-order valence-corrected chi connectivity index (χ3v) is 4.93. The number of carbonyl (C=O) groups excluding carboxylic acids is 2. The molecule has 1 fully saturated rings. The van der Waals surface area contributed by atoms with Crippen molar-refractivity contribution in [3.8, 4) is 0 Å². The first-order chi connectivity index (χ1) is 11.6. The predicted octanol–water partition coefficient (Wildman–Crippen LogP) is 2.50. The number of ether oxygens (including phenoxy) is 1. The van der Waals surface area contributed by atoms with Crippen LogP contribution in [0, 0.1) is 5.92 Å². The molecule has 3 rings (SSSR count).